The van der Waals surface area contributed by atoms with Gasteiger partial charge >= 0.3 is 0 Å². The smallest absolute Gasteiger partial charge is 0.237 e. The molecule has 6 nitrogen and oxygen atoms in total. The van der Waals surface area contributed by atoms with Crippen molar-refractivity contribution < 1.29 is 13.9 Å². The average molecular weight is 391 g/mol. The molecule has 10 heteroatoms. The van der Waals surface area contributed by atoms with E-state index in [1.165, 1.54) is 35.2 Å². The minimum absolute atomic E-state index is 0.0936. The van der Waals surface area contributed by atoms with Crippen LogP contribution in [-0.2, 0) is 9.53 Å². The Kier molecular flexibility index (Phi) is 7.22. The van der Waals surface area contributed by atoms with E-state index < -0.39 is 11.1 Å². The molecule has 1 aromatic heterocycles. The van der Waals surface area contributed by atoms with E-state index in [0.717, 1.165) is 6.07 Å². The summed E-state index contributed by atoms with van der Waals surface area (Å²) in [5.41, 5.74) is 0.0936. The van der Waals surface area contributed by atoms with Crippen molar-refractivity contribution in [2.45, 2.75) is 16.5 Å². The highest BCUT2D eigenvalue weighted by atomic mass is 35.5. The van der Waals surface area contributed by atoms with Crippen molar-refractivity contribution >= 4 is 51.4 Å². The van der Waals surface area contributed by atoms with Gasteiger partial charge in [-0.2, -0.15) is 0 Å². The van der Waals surface area contributed by atoms with Crippen LogP contribution in [0.2, 0.25) is 5.02 Å². The minimum atomic E-state index is -0.575. The van der Waals surface area contributed by atoms with Gasteiger partial charge in [0, 0.05) is 18.7 Å². The SMILES string of the molecule is COCCNc1nnc(S[C@H](C)C(=O)Nc2ccc(Cl)cc2F)s1. The lowest BCUT2D eigenvalue weighted by molar-refractivity contribution is -0.115. The lowest BCUT2D eigenvalue weighted by Crippen LogP contribution is -2.22. The first-order chi connectivity index (χ1) is 11.5. The van der Waals surface area contributed by atoms with Crippen LogP contribution in [-0.4, -0.2) is 41.6 Å². The minimum Gasteiger partial charge on any atom is -0.383 e. The second kappa shape index (κ2) is 9.16. The number of hydrogen-bond acceptors (Lipinski definition) is 7. The zero-order valence-corrected chi connectivity index (χ0v) is 15.4. The summed E-state index contributed by atoms with van der Waals surface area (Å²) in [4.78, 5) is 12.2. The quantitative estimate of drug-likeness (QED) is 0.530. The van der Waals surface area contributed by atoms with Gasteiger partial charge in [0.15, 0.2) is 4.34 Å². The Morgan fingerprint density at radius 2 is 2.29 bits per heavy atom. The van der Waals surface area contributed by atoms with Crippen LogP contribution < -0.4 is 10.6 Å². The first-order valence-corrected chi connectivity index (χ1v) is 9.06. The highest BCUT2D eigenvalue weighted by Gasteiger charge is 2.18. The van der Waals surface area contributed by atoms with Gasteiger partial charge in [0.1, 0.15) is 5.82 Å². The molecule has 0 aliphatic heterocycles. The third kappa shape index (κ3) is 5.59. The second-order valence-electron chi connectivity index (χ2n) is 4.67. The molecule has 0 fully saturated rings. The van der Waals surface area contributed by atoms with Crippen molar-refractivity contribution in [1.82, 2.24) is 10.2 Å². The largest absolute Gasteiger partial charge is 0.383 e. The van der Waals surface area contributed by atoms with Crippen molar-refractivity contribution in [2.24, 2.45) is 0 Å². The summed E-state index contributed by atoms with van der Waals surface area (Å²) >= 11 is 8.28. The van der Waals surface area contributed by atoms with Crippen LogP contribution in [0.3, 0.4) is 0 Å². The highest BCUT2D eigenvalue weighted by molar-refractivity contribution is 8.02. The maximum Gasteiger partial charge on any atom is 0.237 e. The number of benzene rings is 1. The number of anilines is 2. The van der Waals surface area contributed by atoms with E-state index in [1.54, 1.807) is 14.0 Å². The highest BCUT2D eigenvalue weighted by Crippen LogP contribution is 2.29. The number of thioether (sulfide) groups is 1. The molecule has 130 valence electrons. The summed E-state index contributed by atoms with van der Waals surface area (Å²) < 4.78 is 19.3. The van der Waals surface area contributed by atoms with Crippen molar-refractivity contribution in [3.63, 3.8) is 0 Å². The molecule has 0 radical (unpaired) electrons. The number of amides is 1. The fraction of sp³-hybridized carbons (Fsp3) is 0.357. The number of methoxy groups -OCH3 is 1. The van der Waals surface area contributed by atoms with Gasteiger partial charge in [0.2, 0.25) is 11.0 Å². The fourth-order valence-corrected chi connectivity index (χ4v) is 3.70. The van der Waals surface area contributed by atoms with Gasteiger partial charge in [0.05, 0.1) is 17.5 Å². The number of hydrogen-bond donors (Lipinski definition) is 2. The monoisotopic (exact) mass is 390 g/mol. The van der Waals surface area contributed by atoms with Gasteiger partial charge < -0.3 is 15.4 Å². The van der Waals surface area contributed by atoms with Crippen LogP contribution in [0.1, 0.15) is 6.92 Å². The van der Waals surface area contributed by atoms with Crippen molar-refractivity contribution in [2.75, 3.05) is 30.9 Å². The number of nitrogens with zero attached hydrogens (tertiary/aromatic N) is 2. The standard InChI is InChI=1S/C14H16ClFN4O2S2/c1-8(12(21)18-11-4-3-9(15)7-10(11)16)23-14-20-19-13(24-14)17-5-6-22-2/h3-4,7-8H,5-6H2,1-2H3,(H,17,19)(H,18,21)/t8-/m1/s1. The Balaban J connectivity index is 1.89. The van der Waals surface area contributed by atoms with Crippen LogP contribution in [0.15, 0.2) is 22.5 Å². The van der Waals surface area contributed by atoms with E-state index in [9.17, 15) is 9.18 Å². The number of nitrogens with one attached hydrogen (secondary N) is 2. The number of carbonyl (C=O) groups is 1. The molecule has 0 bridgehead atoms. The molecule has 1 atom stereocenters. The number of rotatable bonds is 8. The van der Waals surface area contributed by atoms with Crippen molar-refractivity contribution in [1.29, 1.82) is 0 Å². The predicted molar refractivity (Wildman–Crippen MR) is 95.6 cm³/mol. The number of ether oxygens (including phenoxy) is 1. The van der Waals surface area contributed by atoms with Crippen LogP contribution >= 0.6 is 34.7 Å². The van der Waals surface area contributed by atoms with E-state index in [-0.39, 0.29) is 16.6 Å². The van der Waals surface area contributed by atoms with Gasteiger partial charge in [-0.1, -0.05) is 34.7 Å². The van der Waals surface area contributed by atoms with E-state index in [1.807, 2.05) is 0 Å². The Bertz CT molecular complexity index is 701. The molecule has 0 saturated heterocycles. The molecule has 0 unspecified atom stereocenters. The molecule has 0 aliphatic rings. The van der Waals surface area contributed by atoms with E-state index >= 15 is 0 Å². The topological polar surface area (TPSA) is 76.1 Å². The van der Waals surface area contributed by atoms with E-state index in [4.69, 9.17) is 16.3 Å². The molecule has 2 aromatic rings. The first-order valence-electron chi connectivity index (χ1n) is 6.98. The van der Waals surface area contributed by atoms with E-state index in [0.29, 0.717) is 22.6 Å². The molecule has 24 heavy (non-hydrogen) atoms. The lowest BCUT2D eigenvalue weighted by atomic mass is 10.3. The van der Waals surface area contributed by atoms with Crippen LogP contribution in [0, 0.1) is 5.82 Å². The van der Waals surface area contributed by atoms with Crippen molar-refractivity contribution in [3.8, 4) is 0 Å². The van der Waals surface area contributed by atoms with Gasteiger partial charge in [0.25, 0.3) is 0 Å². The normalized spacial score (nSPS) is 12.0. The lowest BCUT2D eigenvalue weighted by Gasteiger charge is -2.11. The number of carbonyl (C=O) groups excluding carboxylic acids is 1. The molecule has 1 amide bonds. The molecule has 0 spiro atoms. The molecule has 0 saturated carbocycles. The summed E-state index contributed by atoms with van der Waals surface area (Å²) in [5.74, 6) is -0.904. The van der Waals surface area contributed by atoms with Gasteiger partial charge in [-0.15, -0.1) is 10.2 Å². The Morgan fingerprint density at radius 3 is 3.00 bits per heavy atom. The van der Waals surface area contributed by atoms with Crippen LogP contribution in [0.25, 0.3) is 0 Å². The second-order valence-corrected chi connectivity index (χ2v) is 7.67. The van der Waals surface area contributed by atoms with Gasteiger partial charge in [-0.05, 0) is 25.1 Å². The number of aromatic nitrogens is 2. The first kappa shape index (κ1) is 18.9. The Labute approximate surface area is 152 Å². The van der Waals surface area contributed by atoms with Crippen molar-refractivity contribution in [3.05, 3.63) is 29.0 Å². The molecule has 1 heterocycles. The maximum atomic E-state index is 13.7. The zero-order valence-electron chi connectivity index (χ0n) is 13.0. The molecular weight excluding hydrogens is 375 g/mol. The fourth-order valence-electron chi connectivity index (χ4n) is 1.62. The molecular formula is C14H16ClFN4O2S2. The maximum absolute atomic E-state index is 13.7. The van der Waals surface area contributed by atoms with Crippen LogP contribution in [0.5, 0.6) is 0 Å². The molecule has 0 aliphatic carbocycles. The third-order valence-corrected chi connectivity index (χ3v) is 5.12. The third-order valence-electron chi connectivity index (χ3n) is 2.82. The van der Waals surface area contributed by atoms with Gasteiger partial charge in [-0.3, -0.25) is 4.79 Å². The predicted octanol–water partition coefficient (Wildman–Crippen LogP) is 3.51. The van der Waals surface area contributed by atoms with E-state index in [2.05, 4.69) is 20.8 Å². The molecule has 2 N–H and O–H groups in total. The average Bonchev–Trinajstić information content (AvgIpc) is 2.97. The van der Waals surface area contributed by atoms with Gasteiger partial charge in [-0.25, -0.2) is 4.39 Å². The summed E-state index contributed by atoms with van der Waals surface area (Å²) in [5, 5.41) is 14.1. The Morgan fingerprint density at radius 1 is 1.50 bits per heavy atom. The Hall–Kier alpha value is -1.42. The molecule has 2 rings (SSSR count). The summed E-state index contributed by atoms with van der Waals surface area (Å²) in [7, 11) is 1.62. The number of halogens is 2. The summed E-state index contributed by atoms with van der Waals surface area (Å²) in [6.07, 6.45) is 0. The molecule has 1 aromatic carbocycles. The summed E-state index contributed by atoms with van der Waals surface area (Å²) in [6, 6.07) is 4.09. The zero-order chi connectivity index (χ0) is 17.5. The summed E-state index contributed by atoms with van der Waals surface area (Å²) in [6.45, 7) is 2.91. The van der Waals surface area contributed by atoms with Crippen LogP contribution in [0.4, 0.5) is 15.2 Å².